The lowest BCUT2D eigenvalue weighted by atomic mass is 9.92. The molecule has 2 amide bonds. The van der Waals surface area contributed by atoms with Crippen LogP contribution in [0.15, 0.2) is 97.1 Å². The van der Waals surface area contributed by atoms with Crippen molar-refractivity contribution in [3.05, 3.63) is 120 Å². The van der Waals surface area contributed by atoms with Gasteiger partial charge in [-0.3, -0.25) is 9.59 Å². The van der Waals surface area contributed by atoms with E-state index >= 15 is 0 Å². The van der Waals surface area contributed by atoms with Crippen molar-refractivity contribution < 1.29 is 14.0 Å². The molecule has 0 spiro atoms. The smallest absolute Gasteiger partial charge is 0.251 e. The molecule has 5 heteroatoms. The van der Waals surface area contributed by atoms with Crippen molar-refractivity contribution in [3.8, 4) is 0 Å². The summed E-state index contributed by atoms with van der Waals surface area (Å²) in [6, 6.07) is 28.6. The summed E-state index contributed by atoms with van der Waals surface area (Å²) in [5.74, 6) is -1.28. The van der Waals surface area contributed by atoms with E-state index in [0.717, 1.165) is 29.2 Å². The lowest BCUT2D eigenvalue weighted by Crippen LogP contribution is -2.49. The molecule has 2 atom stereocenters. The van der Waals surface area contributed by atoms with E-state index in [1.807, 2.05) is 61.5 Å². The zero-order valence-corrected chi connectivity index (χ0v) is 19.7. The molecular weight excluding hydrogens is 439 g/mol. The molecule has 0 fully saturated rings. The van der Waals surface area contributed by atoms with Gasteiger partial charge in [0.25, 0.3) is 5.91 Å². The van der Waals surface area contributed by atoms with Crippen LogP contribution in [-0.2, 0) is 11.2 Å². The van der Waals surface area contributed by atoms with Gasteiger partial charge >= 0.3 is 0 Å². The fraction of sp³-hybridized carbons (Fsp3) is 0.200. The third-order valence-corrected chi connectivity index (χ3v) is 6.26. The predicted molar refractivity (Wildman–Crippen MR) is 138 cm³/mol. The van der Waals surface area contributed by atoms with E-state index in [-0.39, 0.29) is 23.5 Å². The molecule has 35 heavy (non-hydrogen) atoms. The van der Waals surface area contributed by atoms with E-state index in [9.17, 15) is 14.0 Å². The zero-order valence-electron chi connectivity index (χ0n) is 19.7. The van der Waals surface area contributed by atoms with Crippen LogP contribution in [-0.4, -0.2) is 24.4 Å². The molecule has 0 heterocycles. The van der Waals surface area contributed by atoms with Gasteiger partial charge in [0, 0.05) is 18.0 Å². The van der Waals surface area contributed by atoms with Crippen LogP contribution in [0, 0.1) is 5.82 Å². The number of hydrogen-bond acceptors (Lipinski definition) is 2. The Morgan fingerprint density at radius 3 is 2.26 bits per heavy atom. The number of benzene rings is 4. The summed E-state index contributed by atoms with van der Waals surface area (Å²) < 4.78 is 13.5. The fourth-order valence-corrected chi connectivity index (χ4v) is 4.19. The molecule has 178 valence electrons. The molecular formula is C30H29FN2O2. The van der Waals surface area contributed by atoms with Crippen LogP contribution in [0.25, 0.3) is 10.8 Å². The number of amides is 2. The van der Waals surface area contributed by atoms with Crippen LogP contribution < -0.4 is 10.6 Å². The van der Waals surface area contributed by atoms with E-state index in [4.69, 9.17) is 0 Å². The molecule has 0 aliphatic heterocycles. The summed E-state index contributed by atoms with van der Waals surface area (Å²) in [6.07, 6.45) is 1.63. The van der Waals surface area contributed by atoms with Crippen molar-refractivity contribution in [3.63, 3.8) is 0 Å². The van der Waals surface area contributed by atoms with Gasteiger partial charge in [-0.2, -0.15) is 0 Å². The van der Waals surface area contributed by atoms with Crippen LogP contribution in [0.5, 0.6) is 0 Å². The van der Waals surface area contributed by atoms with Crippen LogP contribution in [0.4, 0.5) is 4.39 Å². The Hall–Kier alpha value is -3.99. The molecule has 0 bridgehead atoms. The van der Waals surface area contributed by atoms with Gasteiger partial charge in [0.2, 0.25) is 5.91 Å². The van der Waals surface area contributed by atoms with Gasteiger partial charge in [0.05, 0.1) is 0 Å². The zero-order chi connectivity index (χ0) is 24.6. The number of hydrogen-bond donors (Lipinski definition) is 2. The lowest BCUT2D eigenvalue weighted by molar-refractivity contribution is -0.123. The van der Waals surface area contributed by atoms with E-state index in [1.54, 1.807) is 18.2 Å². The molecule has 4 aromatic rings. The van der Waals surface area contributed by atoms with Gasteiger partial charge in [0.1, 0.15) is 11.9 Å². The first-order chi connectivity index (χ1) is 17.0. The fourth-order valence-electron chi connectivity index (χ4n) is 4.19. The second-order valence-corrected chi connectivity index (χ2v) is 8.73. The Balaban J connectivity index is 1.47. The van der Waals surface area contributed by atoms with Gasteiger partial charge in [-0.15, -0.1) is 0 Å². The minimum absolute atomic E-state index is 0.260. The third-order valence-electron chi connectivity index (χ3n) is 6.26. The molecule has 1 unspecified atom stereocenters. The normalized spacial score (nSPS) is 12.6. The first-order valence-electron chi connectivity index (χ1n) is 11.9. The summed E-state index contributed by atoms with van der Waals surface area (Å²) in [5, 5.41) is 7.89. The Morgan fingerprint density at radius 2 is 1.51 bits per heavy atom. The van der Waals surface area contributed by atoms with Gasteiger partial charge < -0.3 is 10.6 Å². The van der Waals surface area contributed by atoms with Crippen molar-refractivity contribution in [2.45, 2.75) is 31.7 Å². The predicted octanol–water partition coefficient (Wildman–Crippen LogP) is 5.63. The topological polar surface area (TPSA) is 58.2 Å². The summed E-state index contributed by atoms with van der Waals surface area (Å²) >= 11 is 0. The van der Waals surface area contributed by atoms with E-state index < -0.39 is 6.04 Å². The molecule has 0 saturated carbocycles. The SMILES string of the molecule is CC(c1ccc(F)cc1)[C@H](NC(=O)c1ccc2ccccc2c1)C(=O)NCCCc1ccccc1. The molecule has 4 aromatic carbocycles. The molecule has 0 radical (unpaired) electrons. The number of carbonyl (C=O) groups excluding carboxylic acids is 2. The molecule has 0 aromatic heterocycles. The van der Waals surface area contributed by atoms with Crippen molar-refractivity contribution in [2.24, 2.45) is 0 Å². The van der Waals surface area contributed by atoms with Gasteiger partial charge in [-0.1, -0.05) is 79.7 Å². The highest BCUT2D eigenvalue weighted by molar-refractivity contribution is 6.00. The average molecular weight is 469 g/mol. The molecule has 0 saturated heterocycles. The Kier molecular flexibility index (Phi) is 7.88. The summed E-state index contributed by atoms with van der Waals surface area (Å²) in [5.41, 5.74) is 2.47. The van der Waals surface area contributed by atoms with Crippen LogP contribution in [0.1, 0.15) is 40.7 Å². The molecule has 4 rings (SSSR count). The number of nitrogens with one attached hydrogen (secondary N) is 2. The van der Waals surface area contributed by atoms with Crippen LogP contribution in [0.3, 0.4) is 0 Å². The summed E-state index contributed by atoms with van der Waals surface area (Å²) in [7, 11) is 0. The first-order valence-corrected chi connectivity index (χ1v) is 11.9. The van der Waals surface area contributed by atoms with Crippen LogP contribution in [0.2, 0.25) is 0 Å². The Bertz CT molecular complexity index is 1290. The highest BCUT2D eigenvalue weighted by atomic mass is 19.1. The number of carbonyl (C=O) groups is 2. The van der Waals surface area contributed by atoms with Crippen molar-refractivity contribution in [1.82, 2.24) is 10.6 Å². The number of rotatable bonds is 9. The minimum atomic E-state index is -0.809. The Labute approximate surface area is 205 Å². The monoisotopic (exact) mass is 468 g/mol. The van der Waals surface area contributed by atoms with E-state index in [0.29, 0.717) is 12.1 Å². The van der Waals surface area contributed by atoms with Gasteiger partial charge in [-0.25, -0.2) is 4.39 Å². The maximum Gasteiger partial charge on any atom is 0.251 e. The molecule has 0 aliphatic rings. The maximum absolute atomic E-state index is 13.5. The number of fused-ring (bicyclic) bond motifs is 1. The van der Waals surface area contributed by atoms with E-state index in [1.165, 1.54) is 17.7 Å². The van der Waals surface area contributed by atoms with Crippen molar-refractivity contribution in [2.75, 3.05) is 6.54 Å². The third kappa shape index (κ3) is 6.33. The highest BCUT2D eigenvalue weighted by Gasteiger charge is 2.28. The first kappa shape index (κ1) is 24.1. The standard InChI is InChI=1S/C30H29FN2O2/c1-21(23-15-17-27(31)18-16-23)28(30(35)32-19-7-10-22-8-3-2-4-9-22)33-29(34)26-14-13-24-11-5-6-12-25(24)20-26/h2-6,8-9,11-18,20-21,28H,7,10,19H2,1H3,(H,32,35)(H,33,34)/t21?,28-/m0/s1. The minimum Gasteiger partial charge on any atom is -0.354 e. The van der Waals surface area contributed by atoms with Crippen LogP contribution >= 0.6 is 0 Å². The second-order valence-electron chi connectivity index (χ2n) is 8.73. The van der Waals surface area contributed by atoms with Crippen molar-refractivity contribution >= 4 is 22.6 Å². The largest absolute Gasteiger partial charge is 0.354 e. The molecule has 4 nitrogen and oxygen atoms in total. The summed E-state index contributed by atoms with van der Waals surface area (Å²) in [6.45, 7) is 2.36. The van der Waals surface area contributed by atoms with Gasteiger partial charge in [0.15, 0.2) is 0 Å². The second kappa shape index (κ2) is 11.4. The summed E-state index contributed by atoms with van der Waals surface area (Å²) in [4.78, 5) is 26.4. The number of halogens is 1. The van der Waals surface area contributed by atoms with E-state index in [2.05, 4.69) is 22.8 Å². The van der Waals surface area contributed by atoms with Crippen molar-refractivity contribution in [1.29, 1.82) is 0 Å². The Morgan fingerprint density at radius 1 is 0.829 bits per heavy atom. The quantitative estimate of drug-likeness (QED) is 0.313. The number of aryl methyl sites for hydroxylation is 1. The molecule has 2 N–H and O–H groups in total. The van der Waals surface area contributed by atoms with Gasteiger partial charge in [-0.05, 0) is 59.0 Å². The molecule has 0 aliphatic carbocycles. The highest BCUT2D eigenvalue weighted by Crippen LogP contribution is 2.21. The lowest BCUT2D eigenvalue weighted by Gasteiger charge is -2.25. The average Bonchev–Trinajstić information content (AvgIpc) is 2.90. The maximum atomic E-state index is 13.5.